The zero-order valence-corrected chi connectivity index (χ0v) is 9.55. The van der Waals surface area contributed by atoms with Crippen molar-refractivity contribution in [3.8, 4) is 0 Å². The smallest absolute Gasteiger partial charge is 0.337 e. The molecule has 1 aromatic rings. The number of carboxylic acid groups (broad SMARTS) is 1. The number of carbonyl (C=O) groups is 1. The Bertz CT molecular complexity index is 344. The molecule has 13 heavy (non-hydrogen) atoms. The van der Waals surface area contributed by atoms with E-state index in [4.69, 9.17) is 10.8 Å². The summed E-state index contributed by atoms with van der Waals surface area (Å²) in [5.41, 5.74) is 5.16. The Labute approximate surface area is 92.6 Å². The predicted molar refractivity (Wildman–Crippen MR) is 55.8 cm³/mol. The largest absolute Gasteiger partial charge is 0.478 e. The van der Waals surface area contributed by atoms with Crippen LogP contribution in [-0.4, -0.2) is 11.1 Å². The third kappa shape index (κ3) is 2.67. The lowest BCUT2D eigenvalue weighted by Crippen LogP contribution is -2.03. The molecule has 0 aromatic heterocycles. The molecule has 0 fully saturated rings. The van der Waals surface area contributed by atoms with Gasteiger partial charge in [0.1, 0.15) is 5.82 Å². The van der Waals surface area contributed by atoms with E-state index in [1.54, 1.807) is 0 Å². The zero-order chi connectivity index (χ0) is 9.30. The maximum Gasteiger partial charge on any atom is 0.337 e. The van der Waals surface area contributed by atoms with E-state index in [-0.39, 0.29) is 32.7 Å². The monoisotopic (exact) mass is 313 g/mol. The van der Waals surface area contributed by atoms with Gasteiger partial charge < -0.3 is 10.8 Å². The average Bonchev–Trinajstić information content (AvgIpc) is 1.96. The van der Waals surface area contributed by atoms with Gasteiger partial charge in [0.25, 0.3) is 0 Å². The van der Waals surface area contributed by atoms with Gasteiger partial charge in [0, 0.05) is 4.47 Å². The van der Waals surface area contributed by atoms with Crippen LogP contribution in [-0.2, 0) is 0 Å². The van der Waals surface area contributed by atoms with Crippen LogP contribution in [0.2, 0.25) is 0 Å². The van der Waals surface area contributed by atoms with Gasteiger partial charge in [-0.2, -0.15) is 0 Å². The number of nitrogen functional groups attached to an aromatic ring is 1. The first-order chi connectivity index (χ1) is 5.52. The second-order valence-electron chi connectivity index (χ2n) is 2.15. The lowest BCUT2D eigenvalue weighted by atomic mass is 10.2. The molecule has 0 aliphatic rings. The normalized spacial score (nSPS) is 9.08. The molecule has 1 rings (SSSR count). The number of nitrogens with two attached hydrogens (primary N) is 1. The van der Waals surface area contributed by atoms with Crippen LogP contribution < -0.4 is 5.73 Å². The van der Waals surface area contributed by atoms with Gasteiger partial charge in [0.15, 0.2) is 0 Å². The number of benzene rings is 1. The lowest BCUT2D eigenvalue weighted by molar-refractivity contribution is 0.0697. The highest BCUT2D eigenvalue weighted by Gasteiger charge is 2.11. The van der Waals surface area contributed by atoms with Crippen molar-refractivity contribution in [3.63, 3.8) is 0 Å². The van der Waals surface area contributed by atoms with E-state index >= 15 is 0 Å². The number of anilines is 1. The highest BCUT2D eigenvalue weighted by molar-refractivity contribution is 9.10. The fraction of sp³-hybridized carbons (Fsp3) is 0. The molecule has 0 saturated heterocycles. The molecule has 72 valence electrons. The molecule has 3 nitrogen and oxygen atoms in total. The second kappa shape index (κ2) is 4.57. The van der Waals surface area contributed by atoms with Gasteiger partial charge in [-0.25, -0.2) is 9.18 Å². The average molecular weight is 315 g/mol. The molecule has 0 aliphatic heterocycles. The van der Waals surface area contributed by atoms with E-state index in [1.807, 2.05) is 0 Å². The fourth-order valence-electron chi connectivity index (χ4n) is 0.762. The first-order valence-corrected chi connectivity index (χ1v) is 3.79. The SMILES string of the molecule is Br.Nc1c(Br)cc(F)cc1C(=O)O. The Morgan fingerprint density at radius 2 is 2.08 bits per heavy atom. The predicted octanol–water partition coefficient (Wildman–Crippen LogP) is 2.45. The number of rotatable bonds is 1. The van der Waals surface area contributed by atoms with Gasteiger partial charge in [-0.15, -0.1) is 17.0 Å². The number of aromatic carboxylic acids is 1. The number of carboxylic acids is 1. The summed E-state index contributed by atoms with van der Waals surface area (Å²) in [7, 11) is 0. The number of halogens is 3. The van der Waals surface area contributed by atoms with Gasteiger partial charge in [-0.1, -0.05) is 0 Å². The van der Waals surface area contributed by atoms with Crippen molar-refractivity contribution in [2.45, 2.75) is 0 Å². The van der Waals surface area contributed by atoms with Crippen molar-refractivity contribution in [1.82, 2.24) is 0 Å². The van der Waals surface area contributed by atoms with Crippen LogP contribution in [0, 0.1) is 5.82 Å². The Hall–Kier alpha value is -0.620. The molecule has 0 saturated carbocycles. The van der Waals surface area contributed by atoms with Crippen molar-refractivity contribution in [2.24, 2.45) is 0 Å². The molecule has 0 amide bonds. The highest BCUT2D eigenvalue weighted by Crippen LogP contribution is 2.24. The zero-order valence-electron chi connectivity index (χ0n) is 6.25. The fourth-order valence-corrected chi connectivity index (χ4v) is 1.19. The Morgan fingerprint density at radius 3 is 2.54 bits per heavy atom. The Morgan fingerprint density at radius 1 is 1.54 bits per heavy atom. The summed E-state index contributed by atoms with van der Waals surface area (Å²) in [6, 6.07) is 1.99. The number of hydrogen-bond acceptors (Lipinski definition) is 2. The summed E-state index contributed by atoms with van der Waals surface area (Å²) in [6.07, 6.45) is 0. The minimum absolute atomic E-state index is 0. The molecule has 3 N–H and O–H groups in total. The van der Waals surface area contributed by atoms with Crippen LogP contribution in [0.15, 0.2) is 16.6 Å². The van der Waals surface area contributed by atoms with Crippen molar-refractivity contribution in [2.75, 3.05) is 5.73 Å². The van der Waals surface area contributed by atoms with Crippen LogP contribution >= 0.6 is 32.9 Å². The van der Waals surface area contributed by atoms with Gasteiger partial charge in [-0.05, 0) is 28.1 Å². The van der Waals surface area contributed by atoms with E-state index in [1.165, 1.54) is 0 Å². The minimum Gasteiger partial charge on any atom is -0.478 e. The topological polar surface area (TPSA) is 63.3 Å². The maximum absolute atomic E-state index is 12.6. The summed E-state index contributed by atoms with van der Waals surface area (Å²) in [6.45, 7) is 0. The minimum atomic E-state index is -1.24. The molecule has 1 aromatic carbocycles. The van der Waals surface area contributed by atoms with Crippen LogP contribution in [0.3, 0.4) is 0 Å². The molecule has 0 spiro atoms. The van der Waals surface area contributed by atoms with Gasteiger partial charge >= 0.3 is 5.97 Å². The molecule has 0 aliphatic carbocycles. The molecule has 0 radical (unpaired) electrons. The molecule has 6 heteroatoms. The first kappa shape index (κ1) is 12.4. The van der Waals surface area contributed by atoms with Crippen molar-refractivity contribution >= 4 is 44.6 Å². The summed E-state index contributed by atoms with van der Waals surface area (Å²) in [4.78, 5) is 10.5. The summed E-state index contributed by atoms with van der Waals surface area (Å²) in [5.74, 6) is -1.87. The van der Waals surface area contributed by atoms with Crippen molar-refractivity contribution in [1.29, 1.82) is 0 Å². The third-order valence-corrected chi connectivity index (χ3v) is 1.98. The van der Waals surface area contributed by atoms with E-state index in [0.29, 0.717) is 0 Å². The maximum atomic E-state index is 12.6. The van der Waals surface area contributed by atoms with Crippen LogP contribution in [0.25, 0.3) is 0 Å². The number of hydrogen-bond donors (Lipinski definition) is 2. The van der Waals surface area contributed by atoms with E-state index in [0.717, 1.165) is 12.1 Å². The highest BCUT2D eigenvalue weighted by atomic mass is 79.9. The Kier molecular flexibility index (Phi) is 4.35. The third-order valence-electron chi connectivity index (χ3n) is 1.32. The molecule has 0 atom stereocenters. The van der Waals surface area contributed by atoms with Crippen LogP contribution in [0.1, 0.15) is 10.4 Å². The molecule has 0 bridgehead atoms. The molecular weight excluding hydrogens is 309 g/mol. The van der Waals surface area contributed by atoms with Gasteiger partial charge in [-0.3, -0.25) is 0 Å². The molecule has 0 unspecified atom stereocenters. The summed E-state index contributed by atoms with van der Waals surface area (Å²) >= 11 is 2.94. The van der Waals surface area contributed by atoms with Crippen LogP contribution in [0.5, 0.6) is 0 Å². The van der Waals surface area contributed by atoms with Gasteiger partial charge in [0.2, 0.25) is 0 Å². The Balaban J connectivity index is 0.00000144. The molecule has 0 heterocycles. The quantitative estimate of drug-likeness (QED) is 0.783. The first-order valence-electron chi connectivity index (χ1n) is 3.00. The summed E-state index contributed by atoms with van der Waals surface area (Å²) < 4.78 is 12.9. The van der Waals surface area contributed by atoms with E-state index < -0.39 is 11.8 Å². The second-order valence-corrected chi connectivity index (χ2v) is 3.01. The van der Waals surface area contributed by atoms with E-state index in [2.05, 4.69) is 15.9 Å². The summed E-state index contributed by atoms with van der Waals surface area (Å²) in [5, 5.41) is 8.55. The van der Waals surface area contributed by atoms with Crippen molar-refractivity contribution < 1.29 is 14.3 Å². The standard InChI is InChI=1S/C7H5BrFNO2.BrH/c8-5-2-3(9)1-4(6(5)10)7(11)12;/h1-2H,10H2,(H,11,12);1H. The van der Waals surface area contributed by atoms with Gasteiger partial charge in [0.05, 0.1) is 11.3 Å². The van der Waals surface area contributed by atoms with Crippen molar-refractivity contribution in [3.05, 3.63) is 28.0 Å². The van der Waals surface area contributed by atoms with E-state index in [9.17, 15) is 9.18 Å². The van der Waals surface area contributed by atoms with Crippen LogP contribution in [0.4, 0.5) is 10.1 Å². The lowest BCUT2D eigenvalue weighted by Gasteiger charge is -2.02. The molecular formula is C7H6Br2FNO2.